The van der Waals surface area contributed by atoms with Gasteiger partial charge >= 0.3 is 0 Å². The fourth-order valence-corrected chi connectivity index (χ4v) is 2.71. The summed E-state index contributed by atoms with van der Waals surface area (Å²) in [6, 6.07) is 16.5. The molecule has 3 N–H and O–H groups in total. The highest BCUT2D eigenvalue weighted by Crippen LogP contribution is 2.23. The predicted octanol–water partition coefficient (Wildman–Crippen LogP) is 2.55. The minimum absolute atomic E-state index is 0.124. The number of anilines is 2. The fraction of sp³-hybridized carbons (Fsp3) is 0.0526. The summed E-state index contributed by atoms with van der Waals surface area (Å²) in [5, 5.41) is 7.19. The summed E-state index contributed by atoms with van der Waals surface area (Å²) < 4.78 is 1.68. The number of aromatic nitrogens is 4. The van der Waals surface area contributed by atoms with Crippen LogP contribution in [-0.4, -0.2) is 25.5 Å². The van der Waals surface area contributed by atoms with E-state index in [-0.39, 0.29) is 12.3 Å². The molecule has 1 aromatic carbocycles. The summed E-state index contributed by atoms with van der Waals surface area (Å²) >= 11 is 0. The van der Waals surface area contributed by atoms with Gasteiger partial charge in [-0.3, -0.25) is 9.78 Å². The van der Waals surface area contributed by atoms with Crippen molar-refractivity contribution < 1.29 is 4.79 Å². The number of imidazole rings is 1. The number of amides is 1. The highest BCUT2D eigenvalue weighted by atomic mass is 16.1. The molecule has 7 nitrogen and oxygen atoms in total. The maximum Gasteiger partial charge on any atom is 0.230 e. The van der Waals surface area contributed by atoms with Crippen LogP contribution in [0.1, 0.15) is 5.69 Å². The average Bonchev–Trinajstić information content (AvgIpc) is 3.05. The zero-order chi connectivity index (χ0) is 17.9. The first-order valence-electron chi connectivity index (χ1n) is 8.09. The van der Waals surface area contributed by atoms with Crippen LogP contribution in [0.5, 0.6) is 0 Å². The first-order chi connectivity index (χ1) is 12.7. The molecule has 0 unspecified atom stereocenters. The Morgan fingerprint density at radius 3 is 2.85 bits per heavy atom. The van der Waals surface area contributed by atoms with Crippen LogP contribution in [0.25, 0.3) is 16.9 Å². The van der Waals surface area contributed by atoms with Crippen molar-refractivity contribution in [2.24, 2.45) is 0 Å². The van der Waals surface area contributed by atoms with Crippen LogP contribution in [0.2, 0.25) is 0 Å². The standard InChI is InChI=1S/C19H16N6O/c20-17-7-8-18-22-12-16(25(18)24-17)13-4-3-6-15(10-13)23-19(26)11-14-5-1-2-9-21-14/h1-10,12H,11H2,(H2,20,24)(H,23,26). The van der Waals surface area contributed by atoms with E-state index in [4.69, 9.17) is 5.73 Å². The number of benzene rings is 1. The molecule has 128 valence electrons. The molecule has 0 atom stereocenters. The van der Waals surface area contributed by atoms with Crippen molar-refractivity contribution in [1.29, 1.82) is 0 Å². The largest absolute Gasteiger partial charge is 0.382 e. The Bertz CT molecular complexity index is 1070. The van der Waals surface area contributed by atoms with Crippen molar-refractivity contribution in [3.63, 3.8) is 0 Å². The lowest BCUT2D eigenvalue weighted by Gasteiger charge is -2.07. The van der Waals surface area contributed by atoms with Crippen LogP contribution in [-0.2, 0) is 11.2 Å². The molecule has 0 fully saturated rings. The zero-order valence-electron chi connectivity index (χ0n) is 13.8. The van der Waals surface area contributed by atoms with E-state index >= 15 is 0 Å². The molecule has 0 aliphatic rings. The van der Waals surface area contributed by atoms with Crippen LogP contribution in [0.4, 0.5) is 11.5 Å². The van der Waals surface area contributed by atoms with Crippen LogP contribution in [0, 0.1) is 0 Å². The predicted molar refractivity (Wildman–Crippen MR) is 99.4 cm³/mol. The van der Waals surface area contributed by atoms with Crippen molar-refractivity contribution >= 4 is 23.1 Å². The van der Waals surface area contributed by atoms with Gasteiger partial charge in [0.05, 0.1) is 18.3 Å². The van der Waals surface area contributed by atoms with Crippen molar-refractivity contribution in [1.82, 2.24) is 19.6 Å². The Morgan fingerprint density at radius 2 is 2.00 bits per heavy atom. The maximum absolute atomic E-state index is 12.2. The van der Waals surface area contributed by atoms with Gasteiger partial charge in [-0.2, -0.15) is 0 Å². The minimum Gasteiger partial charge on any atom is -0.382 e. The SMILES string of the molecule is Nc1ccc2ncc(-c3cccc(NC(=O)Cc4ccccn4)c3)n2n1. The molecule has 0 saturated heterocycles. The van der Waals surface area contributed by atoms with Gasteiger partial charge in [0, 0.05) is 23.1 Å². The van der Waals surface area contributed by atoms with E-state index in [1.54, 1.807) is 23.0 Å². The van der Waals surface area contributed by atoms with Gasteiger partial charge in [-0.05, 0) is 36.4 Å². The lowest BCUT2D eigenvalue weighted by Crippen LogP contribution is -2.15. The van der Waals surface area contributed by atoms with Gasteiger partial charge in [-0.15, -0.1) is 5.10 Å². The number of nitrogens with two attached hydrogens (primary N) is 1. The summed E-state index contributed by atoms with van der Waals surface area (Å²) in [6.45, 7) is 0. The third-order valence-corrected chi connectivity index (χ3v) is 3.89. The topological polar surface area (TPSA) is 98.2 Å². The average molecular weight is 344 g/mol. The van der Waals surface area contributed by atoms with E-state index in [1.807, 2.05) is 48.5 Å². The molecule has 26 heavy (non-hydrogen) atoms. The summed E-state index contributed by atoms with van der Waals surface area (Å²) in [7, 11) is 0. The van der Waals surface area contributed by atoms with Crippen LogP contribution in [0.15, 0.2) is 67.0 Å². The number of nitrogen functional groups attached to an aromatic ring is 1. The van der Waals surface area contributed by atoms with Gasteiger partial charge in [-0.25, -0.2) is 9.50 Å². The molecule has 0 saturated carbocycles. The second kappa shape index (κ2) is 6.64. The summed E-state index contributed by atoms with van der Waals surface area (Å²) in [4.78, 5) is 20.7. The third-order valence-electron chi connectivity index (χ3n) is 3.89. The van der Waals surface area contributed by atoms with E-state index in [0.29, 0.717) is 17.2 Å². The number of rotatable bonds is 4. The number of pyridine rings is 1. The number of hydrogen-bond acceptors (Lipinski definition) is 5. The Labute approximate surface area is 149 Å². The summed E-state index contributed by atoms with van der Waals surface area (Å²) in [5.74, 6) is 0.290. The number of carbonyl (C=O) groups excluding carboxylic acids is 1. The lowest BCUT2D eigenvalue weighted by molar-refractivity contribution is -0.115. The second-order valence-electron chi connectivity index (χ2n) is 5.80. The molecule has 4 aromatic rings. The lowest BCUT2D eigenvalue weighted by atomic mass is 10.1. The number of nitrogens with one attached hydrogen (secondary N) is 1. The molecule has 1 amide bonds. The van der Waals surface area contributed by atoms with Crippen molar-refractivity contribution in [3.8, 4) is 11.3 Å². The normalized spacial score (nSPS) is 10.8. The first-order valence-corrected chi connectivity index (χ1v) is 8.09. The molecular formula is C19H16N6O. The van der Waals surface area contributed by atoms with Crippen LogP contribution >= 0.6 is 0 Å². The highest BCUT2D eigenvalue weighted by molar-refractivity contribution is 5.92. The first kappa shape index (κ1) is 15.8. The third kappa shape index (κ3) is 3.23. The monoisotopic (exact) mass is 344 g/mol. The molecular weight excluding hydrogens is 328 g/mol. The Kier molecular flexibility index (Phi) is 4.03. The van der Waals surface area contributed by atoms with Gasteiger partial charge in [0.2, 0.25) is 5.91 Å². The zero-order valence-corrected chi connectivity index (χ0v) is 13.8. The smallest absolute Gasteiger partial charge is 0.230 e. The van der Waals surface area contributed by atoms with Crippen LogP contribution in [0.3, 0.4) is 0 Å². The number of hydrogen-bond donors (Lipinski definition) is 2. The van der Waals surface area contributed by atoms with Gasteiger partial charge < -0.3 is 11.1 Å². The molecule has 4 rings (SSSR count). The highest BCUT2D eigenvalue weighted by Gasteiger charge is 2.10. The summed E-state index contributed by atoms with van der Waals surface area (Å²) in [5.41, 5.74) is 9.58. The molecule has 0 aliphatic heterocycles. The Balaban J connectivity index is 1.58. The minimum atomic E-state index is -0.124. The van der Waals surface area contributed by atoms with E-state index in [0.717, 1.165) is 17.0 Å². The van der Waals surface area contributed by atoms with Gasteiger partial charge in [0.1, 0.15) is 5.82 Å². The second-order valence-corrected chi connectivity index (χ2v) is 5.80. The van der Waals surface area contributed by atoms with E-state index in [1.165, 1.54) is 0 Å². The van der Waals surface area contributed by atoms with Gasteiger partial charge in [-0.1, -0.05) is 18.2 Å². The molecule has 0 radical (unpaired) electrons. The van der Waals surface area contributed by atoms with Gasteiger partial charge in [0.25, 0.3) is 0 Å². The van der Waals surface area contributed by atoms with Gasteiger partial charge in [0.15, 0.2) is 5.65 Å². The fourth-order valence-electron chi connectivity index (χ4n) is 2.71. The van der Waals surface area contributed by atoms with Crippen molar-refractivity contribution in [2.45, 2.75) is 6.42 Å². The quantitative estimate of drug-likeness (QED) is 0.593. The van der Waals surface area contributed by atoms with Crippen molar-refractivity contribution in [2.75, 3.05) is 11.1 Å². The van der Waals surface area contributed by atoms with E-state index in [2.05, 4.69) is 20.4 Å². The maximum atomic E-state index is 12.2. The number of fused-ring (bicyclic) bond motifs is 1. The van der Waals surface area contributed by atoms with E-state index < -0.39 is 0 Å². The molecule has 0 spiro atoms. The Hall–Kier alpha value is -3.74. The van der Waals surface area contributed by atoms with E-state index in [9.17, 15) is 4.79 Å². The summed E-state index contributed by atoms with van der Waals surface area (Å²) in [6.07, 6.45) is 3.63. The molecule has 3 aromatic heterocycles. The molecule has 0 bridgehead atoms. The molecule has 7 heteroatoms. The van der Waals surface area contributed by atoms with Crippen molar-refractivity contribution in [3.05, 3.63) is 72.7 Å². The molecule has 0 aliphatic carbocycles. The number of carbonyl (C=O) groups is 1. The Morgan fingerprint density at radius 1 is 1.08 bits per heavy atom. The number of nitrogens with zero attached hydrogens (tertiary/aromatic N) is 4. The molecule has 3 heterocycles. The van der Waals surface area contributed by atoms with Crippen LogP contribution < -0.4 is 11.1 Å².